The Kier molecular flexibility index (Phi) is 8.59. The van der Waals surface area contributed by atoms with Crippen molar-refractivity contribution in [1.29, 1.82) is 0 Å². The van der Waals surface area contributed by atoms with E-state index in [2.05, 4.69) is 12.6 Å². The maximum Gasteiger partial charge on any atom is 0.116 e. The summed E-state index contributed by atoms with van der Waals surface area (Å²) in [7, 11) is 0. The average molecular weight is 272 g/mol. The first-order valence-corrected chi connectivity index (χ1v) is 7.46. The molecule has 0 aromatic carbocycles. The molecule has 0 radical (unpaired) electrons. The summed E-state index contributed by atoms with van der Waals surface area (Å²) in [6.45, 7) is 3.63. The minimum Gasteiger partial charge on any atom is -0.396 e. The lowest BCUT2D eigenvalue weighted by Crippen LogP contribution is -2.26. The van der Waals surface area contributed by atoms with E-state index in [0.717, 1.165) is 0 Å². The molecule has 0 bridgehead atoms. The quantitative estimate of drug-likeness (QED) is 0.389. The lowest BCUT2D eigenvalue weighted by Gasteiger charge is -2.23. The van der Waals surface area contributed by atoms with Crippen molar-refractivity contribution in [3.63, 3.8) is 0 Å². The van der Waals surface area contributed by atoms with Gasteiger partial charge in [0.2, 0.25) is 0 Å². The standard InChI is InChI=1S/C9H20O3S3/c1-7(13)8(11)5-14-6-9(2,12)15-4-3-10/h7-8,10-13H,3-6H2,1-2H3. The average Bonchev–Trinajstić information content (AvgIpc) is 2.14. The van der Waals surface area contributed by atoms with Gasteiger partial charge in [0, 0.05) is 22.5 Å². The largest absolute Gasteiger partial charge is 0.396 e. The van der Waals surface area contributed by atoms with Gasteiger partial charge in [-0.05, 0) is 6.92 Å². The van der Waals surface area contributed by atoms with E-state index in [1.54, 1.807) is 6.92 Å². The monoisotopic (exact) mass is 272 g/mol. The van der Waals surface area contributed by atoms with Crippen molar-refractivity contribution >= 4 is 36.2 Å². The van der Waals surface area contributed by atoms with Crippen LogP contribution in [0.25, 0.3) is 0 Å². The highest BCUT2D eigenvalue weighted by molar-refractivity contribution is 8.03. The summed E-state index contributed by atoms with van der Waals surface area (Å²) >= 11 is 6.95. The van der Waals surface area contributed by atoms with Crippen LogP contribution in [0.1, 0.15) is 13.8 Å². The first-order valence-electron chi connectivity index (χ1n) is 4.80. The van der Waals surface area contributed by atoms with Gasteiger partial charge in [-0.2, -0.15) is 24.4 Å². The van der Waals surface area contributed by atoms with Crippen LogP contribution in [0.2, 0.25) is 0 Å². The van der Waals surface area contributed by atoms with Gasteiger partial charge < -0.3 is 15.3 Å². The third-order valence-corrected chi connectivity index (χ3v) is 4.74. The highest BCUT2D eigenvalue weighted by Gasteiger charge is 2.21. The predicted molar refractivity (Wildman–Crippen MR) is 71.9 cm³/mol. The lowest BCUT2D eigenvalue weighted by molar-refractivity contribution is 0.182. The molecule has 92 valence electrons. The second-order valence-electron chi connectivity index (χ2n) is 3.57. The van der Waals surface area contributed by atoms with Crippen LogP contribution in [0.3, 0.4) is 0 Å². The second kappa shape index (κ2) is 8.08. The van der Waals surface area contributed by atoms with Crippen LogP contribution in [0.15, 0.2) is 0 Å². The Balaban J connectivity index is 3.64. The van der Waals surface area contributed by atoms with E-state index in [1.165, 1.54) is 23.5 Å². The maximum absolute atomic E-state index is 9.83. The Hall–Kier alpha value is 0.930. The van der Waals surface area contributed by atoms with Gasteiger partial charge >= 0.3 is 0 Å². The smallest absolute Gasteiger partial charge is 0.116 e. The molecule has 0 aliphatic heterocycles. The minimum absolute atomic E-state index is 0.0486. The fraction of sp³-hybridized carbons (Fsp3) is 1.00. The number of hydrogen-bond donors (Lipinski definition) is 4. The predicted octanol–water partition coefficient (Wildman–Crippen LogP) is 0.833. The van der Waals surface area contributed by atoms with Crippen molar-refractivity contribution in [2.45, 2.75) is 30.1 Å². The van der Waals surface area contributed by atoms with E-state index in [0.29, 0.717) is 17.3 Å². The molecule has 0 saturated carbocycles. The molecular formula is C9H20O3S3. The third kappa shape index (κ3) is 8.71. The van der Waals surface area contributed by atoms with Crippen LogP contribution in [-0.4, -0.2) is 55.5 Å². The molecule has 0 aliphatic carbocycles. The van der Waals surface area contributed by atoms with E-state index in [4.69, 9.17) is 5.11 Å². The molecule has 6 heteroatoms. The van der Waals surface area contributed by atoms with Crippen molar-refractivity contribution in [3.8, 4) is 0 Å². The third-order valence-electron chi connectivity index (χ3n) is 1.72. The van der Waals surface area contributed by atoms with Crippen molar-refractivity contribution in [2.75, 3.05) is 23.9 Å². The van der Waals surface area contributed by atoms with Crippen LogP contribution >= 0.6 is 36.2 Å². The van der Waals surface area contributed by atoms with E-state index in [9.17, 15) is 10.2 Å². The summed E-state index contributed by atoms with van der Waals surface area (Å²) in [5, 5.41) is 27.9. The van der Waals surface area contributed by atoms with E-state index < -0.39 is 11.0 Å². The van der Waals surface area contributed by atoms with Crippen molar-refractivity contribution < 1.29 is 15.3 Å². The zero-order valence-corrected chi connectivity index (χ0v) is 11.6. The Morgan fingerprint density at radius 2 is 2.07 bits per heavy atom. The highest BCUT2D eigenvalue weighted by Crippen LogP contribution is 2.26. The summed E-state index contributed by atoms with van der Waals surface area (Å²) in [5.74, 6) is 1.63. The first kappa shape index (κ1) is 15.9. The molecule has 3 atom stereocenters. The van der Waals surface area contributed by atoms with Gasteiger partial charge in [0.15, 0.2) is 0 Å². The summed E-state index contributed by atoms with van der Waals surface area (Å²) in [6.07, 6.45) is -0.447. The number of thioether (sulfide) groups is 2. The number of hydrogen-bond acceptors (Lipinski definition) is 6. The van der Waals surface area contributed by atoms with E-state index in [-0.39, 0.29) is 11.9 Å². The van der Waals surface area contributed by atoms with E-state index >= 15 is 0 Å². The molecule has 0 aromatic rings. The van der Waals surface area contributed by atoms with E-state index in [1.807, 2.05) is 6.92 Å². The first-order chi connectivity index (χ1) is 6.89. The van der Waals surface area contributed by atoms with Gasteiger partial charge in [-0.15, -0.1) is 11.8 Å². The molecule has 3 nitrogen and oxygen atoms in total. The molecule has 0 aromatic heterocycles. The Bertz CT molecular complexity index is 165. The molecule has 0 rings (SSSR count). The van der Waals surface area contributed by atoms with Gasteiger partial charge in [-0.1, -0.05) is 6.92 Å². The molecule has 0 aliphatic rings. The van der Waals surface area contributed by atoms with Crippen molar-refractivity contribution in [3.05, 3.63) is 0 Å². The van der Waals surface area contributed by atoms with Crippen molar-refractivity contribution in [2.24, 2.45) is 0 Å². The molecule has 15 heavy (non-hydrogen) atoms. The molecule has 0 saturated heterocycles. The molecule has 3 unspecified atom stereocenters. The minimum atomic E-state index is -0.840. The van der Waals surface area contributed by atoms with Crippen molar-refractivity contribution in [1.82, 2.24) is 0 Å². The summed E-state index contributed by atoms with van der Waals surface area (Å²) < 4.78 is 0. The Morgan fingerprint density at radius 1 is 1.47 bits per heavy atom. The molecule has 3 N–H and O–H groups in total. The van der Waals surface area contributed by atoms with Crippen LogP contribution in [0.5, 0.6) is 0 Å². The number of thiol groups is 1. The second-order valence-corrected chi connectivity index (χ2v) is 6.99. The van der Waals surface area contributed by atoms with Crippen LogP contribution in [-0.2, 0) is 0 Å². The topological polar surface area (TPSA) is 60.7 Å². The fourth-order valence-corrected chi connectivity index (χ4v) is 3.20. The SMILES string of the molecule is CC(S)C(O)CSCC(C)(O)SCCO. The van der Waals surface area contributed by atoms with Crippen LogP contribution < -0.4 is 0 Å². The van der Waals surface area contributed by atoms with Gasteiger partial charge in [0.1, 0.15) is 4.93 Å². The molecular weight excluding hydrogens is 252 g/mol. The summed E-state index contributed by atoms with van der Waals surface area (Å²) in [4.78, 5) is -0.840. The van der Waals surface area contributed by atoms with Gasteiger partial charge in [-0.25, -0.2) is 0 Å². The van der Waals surface area contributed by atoms with Gasteiger partial charge in [0.05, 0.1) is 12.7 Å². The van der Waals surface area contributed by atoms with Crippen LogP contribution in [0.4, 0.5) is 0 Å². The number of aliphatic hydroxyl groups is 3. The summed E-state index contributed by atoms with van der Waals surface area (Å²) in [5.41, 5.74) is 0. The zero-order valence-electron chi connectivity index (χ0n) is 9.09. The van der Waals surface area contributed by atoms with Gasteiger partial charge in [-0.3, -0.25) is 0 Å². The molecule has 0 amide bonds. The number of rotatable bonds is 8. The van der Waals surface area contributed by atoms with Crippen LogP contribution in [0, 0.1) is 0 Å². The molecule has 0 heterocycles. The van der Waals surface area contributed by atoms with Gasteiger partial charge in [0.25, 0.3) is 0 Å². The lowest BCUT2D eigenvalue weighted by atomic mass is 10.3. The Labute approximate surface area is 105 Å². The maximum atomic E-state index is 9.83. The number of aliphatic hydroxyl groups excluding tert-OH is 2. The fourth-order valence-electron chi connectivity index (χ4n) is 0.815. The highest BCUT2D eigenvalue weighted by atomic mass is 32.2. The Morgan fingerprint density at radius 3 is 2.53 bits per heavy atom. The summed E-state index contributed by atoms with van der Waals surface area (Å²) in [6, 6.07) is 0. The molecule has 0 fully saturated rings. The zero-order chi connectivity index (χ0) is 11.9. The molecule has 0 spiro atoms. The normalized spacial score (nSPS) is 19.6.